The highest BCUT2D eigenvalue weighted by Gasteiger charge is 2.29. The molecule has 3 atom stereocenters. The molecule has 2 aromatic carbocycles. The summed E-state index contributed by atoms with van der Waals surface area (Å²) in [5, 5.41) is 23.0. The molecular formula is C15H15NO2S. The fourth-order valence-corrected chi connectivity index (χ4v) is 3.23. The molecule has 0 aliphatic carbocycles. The predicted octanol–water partition coefficient (Wildman–Crippen LogP) is 2.11. The fourth-order valence-electron chi connectivity index (χ4n) is 2.29. The van der Waals surface area contributed by atoms with Gasteiger partial charge in [0.25, 0.3) is 0 Å². The van der Waals surface area contributed by atoms with Crippen molar-refractivity contribution in [1.29, 1.82) is 0 Å². The molecule has 98 valence electrons. The molecule has 0 amide bonds. The lowest BCUT2D eigenvalue weighted by atomic mass is 9.98. The second-order valence-electron chi connectivity index (χ2n) is 4.50. The molecule has 0 spiro atoms. The van der Waals surface area contributed by atoms with E-state index in [1.807, 2.05) is 54.6 Å². The van der Waals surface area contributed by atoms with Gasteiger partial charge in [-0.1, -0.05) is 60.3 Å². The standard InChI is InChI=1S/C15H15NO2S/c17-14-15(18)19-12-9-5-4-8-11(12)13(16-14)10-6-2-1-3-7-10/h1-9,13-18H. The Labute approximate surface area is 116 Å². The first-order valence-electron chi connectivity index (χ1n) is 6.18. The highest BCUT2D eigenvalue weighted by molar-refractivity contribution is 7.99. The Balaban J connectivity index is 2.08. The Hall–Kier alpha value is -1.33. The molecule has 3 nitrogen and oxygen atoms in total. The molecule has 3 rings (SSSR count). The minimum Gasteiger partial charge on any atom is -0.378 e. The summed E-state index contributed by atoms with van der Waals surface area (Å²) in [7, 11) is 0. The molecule has 0 radical (unpaired) electrons. The number of rotatable bonds is 1. The largest absolute Gasteiger partial charge is 0.378 e. The minimum atomic E-state index is -0.956. The van der Waals surface area contributed by atoms with Crippen molar-refractivity contribution in [2.45, 2.75) is 22.6 Å². The molecule has 4 heteroatoms. The van der Waals surface area contributed by atoms with E-state index in [0.717, 1.165) is 16.0 Å². The number of aliphatic hydroxyl groups is 2. The van der Waals surface area contributed by atoms with Crippen LogP contribution in [0.4, 0.5) is 0 Å². The van der Waals surface area contributed by atoms with Crippen molar-refractivity contribution in [3.8, 4) is 0 Å². The van der Waals surface area contributed by atoms with Crippen LogP contribution in [-0.2, 0) is 0 Å². The van der Waals surface area contributed by atoms with Crippen LogP contribution >= 0.6 is 11.8 Å². The molecule has 0 saturated carbocycles. The van der Waals surface area contributed by atoms with Gasteiger partial charge >= 0.3 is 0 Å². The number of hydrogen-bond donors (Lipinski definition) is 3. The average Bonchev–Trinajstić information content (AvgIpc) is 2.58. The zero-order valence-corrected chi connectivity index (χ0v) is 11.0. The number of fused-ring (bicyclic) bond motifs is 1. The van der Waals surface area contributed by atoms with Crippen LogP contribution in [-0.4, -0.2) is 21.9 Å². The van der Waals surface area contributed by atoms with Gasteiger partial charge in [-0.15, -0.1) is 0 Å². The Morgan fingerprint density at radius 3 is 2.37 bits per heavy atom. The van der Waals surface area contributed by atoms with Crippen molar-refractivity contribution < 1.29 is 10.2 Å². The first-order valence-corrected chi connectivity index (χ1v) is 7.06. The molecule has 19 heavy (non-hydrogen) atoms. The van der Waals surface area contributed by atoms with Gasteiger partial charge in [-0.3, -0.25) is 5.32 Å². The first kappa shape index (κ1) is 12.7. The van der Waals surface area contributed by atoms with Crippen LogP contribution in [0.1, 0.15) is 17.2 Å². The maximum atomic E-state index is 9.98. The van der Waals surface area contributed by atoms with Crippen LogP contribution in [0.15, 0.2) is 59.5 Å². The Kier molecular flexibility index (Phi) is 3.57. The second kappa shape index (κ2) is 5.35. The summed E-state index contributed by atoms with van der Waals surface area (Å²) in [6.07, 6.45) is -0.956. The maximum absolute atomic E-state index is 9.98. The highest BCUT2D eigenvalue weighted by Crippen LogP contribution is 2.36. The van der Waals surface area contributed by atoms with Crippen LogP contribution in [0.2, 0.25) is 0 Å². The number of benzene rings is 2. The molecule has 0 fully saturated rings. The zero-order chi connectivity index (χ0) is 13.2. The van der Waals surface area contributed by atoms with Crippen molar-refractivity contribution in [2.24, 2.45) is 0 Å². The monoisotopic (exact) mass is 273 g/mol. The van der Waals surface area contributed by atoms with Crippen molar-refractivity contribution in [1.82, 2.24) is 5.32 Å². The fraction of sp³-hybridized carbons (Fsp3) is 0.200. The van der Waals surface area contributed by atoms with Gasteiger partial charge in [-0.25, -0.2) is 0 Å². The maximum Gasteiger partial charge on any atom is 0.143 e. The highest BCUT2D eigenvalue weighted by atomic mass is 32.2. The van der Waals surface area contributed by atoms with E-state index < -0.39 is 11.7 Å². The lowest BCUT2D eigenvalue weighted by Crippen LogP contribution is -2.38. The van der Waals surface area contributed by atoms with Gasteiger partial charge in [0.05, 0.1) is 6.04 Å². The SMILES string of the molecule is OC1NC(c2ccccc2)c2ccccc2SC1O. The number of thioether (sulfide) groups is 1. The summed E-state index contributed by atoms with van der Waals surface area (Å²) in [5.41, 5.74) is 1.29. The molecule has 0 saturated heterocycles. The summed E-state index contributed by atoms with van der Waals surface area (Å²) < 4.78 is 0. The van der Waals surface area contributed by atoms with Gasteiger partial charge in [0.1, 0.15) is 11.7 Å². The van der Waals surface area contributed by atoms with E-state index >= 15 is 0 Å². The van der Waals surface area contributed by atoms with E-state index in [-0.39, 0.29) is 6.04 Å². The van der Waals surface area contributed by atoms with E-state index in [1.165, 1.54) is 11.8 Å². The summed E-state index contributed by atoms with van der Waals surface area (Å²) in [4.78, 5) is 0.993. The zero-order valence-electron chi connectivity index (χ0n) is 10.2. The number of nitrogens with one attached hydrogen (secondary N) is 1. The normalized spacial score (nSPS) is 26.5. The average molecular weight is 273 g/mol. The number of hydrogen-bond acceptors (Lipinski definition) is 4. The van der Waals surface area contributed by atoms with Gasteiger partial charge in [0.2, 0.25) is 0 Å². The van der Waals surface area contributed by atoms with Crippen LogP contribution < -0.4 is 5.32 Å². The molecule has 3 N–H and O–H groups in total. The van der Waals surface area contributed by atoms with Crippen LogP contribution in [0, 0.1) is 0 Å². The smallest absolute Gasteiger partial charge is 0.143 e. The van der Waals surface area contributed by atoms with Gasteiger partial charge < -0.3 is 10.2 Å². The molecule has 3 unspecified atom stereocenters. The lowest BCUT2D eigenvalue weighted by Gasteiger charge is -2.22. The van der Waals surface area contributed by atoms with Gasteiger partial charge in [-0.2, -0.15) is 0 Å². The third-order valence-corrected chi connectivity index (χ3v) is 4.34. The van der Waals surface area contributed by atoms with Gasteiger partial charge in [0.15, 0.2) is 0 Å². The molecule has 2 aromatic rings. The van der Waals surface area contributed by atoms with Crippen LogP contribution in [0.25, 0.3) is 0 Å². The van der Waals surface area contributed by atoms with E-state index in [2.05, 4.69) is 5.32 Å². The predicted molar refractivity (Wildman–Crippen MR) is 75.7 cm³/mol. The van der Waals surface area contributed by atoms with E-state index in [4.69, 9.17) is 0 Å². The topological polar surface area (TPSA) is 52.5 Å². The van der Waals surface area contributed by atoms with Crippen molar-refractivity contribution >= 4 is 11.8 Å². The van der Waals surface area contributed by atoms with Crippen molar-refractivity contribution in [3.63, 3.8) is 0 Å². The summed E-state index contributed by atoms with van der Waals surface area (Å²) in [5.74, 6) is 0. The Morgan fingerprint density at radius 2 is 1.58 bits per heavy atom. The second-order valence-corrected chi connectivity index (χ2v) is 5.66. The molecule has 0 aromatic heterocycles. The van der Waals surface area contributed by atoms with Crippen molar-refractivity contribution in [3.05, 3.63) is 65.7 Å². The lowest BCUT2D eigenvalue weighted by molar-refractivity contribution is 0.0435. The van der Waals surface area contributed by atoms with Gasteiger partial charge in [0, 0.05) is 4.90 Å². The van der Waals surface area contributed by atoms with E-state index in [1.54, 1.807) is 0 Å². The van der Waals surface area contributed by atoms with E-state index in [9.17, 15) is 10.2 Å². The third kappa shape index (κ3) is 2.53. The van der Waals surface area contributed by atoms with Gasteiger partial charge in [-0.05, 0) is 17.2 Å². The third-order valence-electron chi connectivity index (χ3n) is 3.22. The summed E-state index contributed by atoms with van der Waals surface area (Å²) >= 11 is 1.28. The number of aliphatic hydroxyl groups excluding tert-OH is 2. The Morgan fingerprint density at radius 1 is 0.895 bits per heavy atom. The molecule has 1 aliphatic heterocycles. The summed E-state index contributed by atoms with van der Waals surface area (Å²) in [6, 6.07) is 17.7. The molecule has 1 heterocycles. The summed E-state index contributed by atoms with van der Waals surface area (Å²) in [6.45, 7) is 0. The van der Waals surface area contributed by atoms with Crippen LogP contribution in [0.5, 0.6) is 0 Å². The molecule has 1 aliphatic rings. The molecular weight excluding hydrogens is 258 g/mol. The van der Waals surface area contributed by atoms with Crippen molar-refractivity contribution in [2.75, 3.05) is 0 Å². The molecule has 0 bridgehead atoms. The first-order chi connectivity index (χ1) is 9.25. The van der Waals surface area contributed by atoms with Crippen LogP contribution in [0.3, 0.4) is 0 Å². The quantitative estimate of drug-likeness (QED) is 0.745. The Bertz CT molecular complexity index is 561. The minimum absolute atomic E-state index is 0.114. The van der Waals surface area contributed by atoms with E-state index in [0.29, 0.717) is 0 Å².